The molecule has 0 aliphatic heterocycles. The van der Waals surface area contributed by atoms with Crippen LogP contribution in [0.3, 0.4) is 0 Å². The molecule has 1 N–H and O–H groups in total. The van der Waals surface area contributed by atoms with Crippen molar-refractivity contribution in [3.63, 3.8) is 0 Å². The standard InChI is InChI=1S/C36H39Cl2N3O4S/c1-25-14-17-30(18-15-25)46(44,45)41(32-22-29(37)16-19-31(32)38)24-34(42)40(23-28-13-9-10-26(2)20-28)33(35(43)39-36(3,4)5)21-27-11-7-6-8-12-27/h6-20,22,33H,21,23-24H2,1-5H3,(H,39,43)/t33-/m1/s1. The summed E-state index contributed by atoms with van der Waals surface area (Å²) in [4.78, 5) is 30.0. The third kappa shape index (κ3) is 9.12. The number of nitrogens with one attached hydrogen (secondary N) is 1. The van der Waals surface area contributed by atoms with Gasteiger partial charge in [0.2, 0.25) is 11.8 Å². The lowest BCUT2D eigenvalue weighted by Crippen LogP contribution is -2.56. The maximum absolute atomic E-state index is 14.6. The summed E-state index contributed by atoms with van der Waals surface area (Å²) >= 11 is 12.9. The molecule has 0 bridgehead atoms. The van der Waals surface area contributed by atoms with Gasteiger partial charge in [0, 0.05) is 23.5 Å². The smallest absolute Gasteiger partial charge is 0.264 e. The fourth-order valence-corrected chi connectivity index (χ4v) is 6.90. The number of hydrogen-bond acceptors (Lipinski definition) is 4. The zero-order chi connectivity index (χ0) is 33.6. The molecule has 4 rings (SSSR count). The van der Waals surface area contributed by atoms with Crippen molar-refractivity contribution in [3.05, 3.63) is 129 Å². The number of halogens is 2. The molecule has 4 aromatic carbocycles. The van der Waals surface area contributed by atoms with Gasteiger partial charge < -0.3 is 10.2 Å². The van der Waals surface area contributed by atoms with E-state index in [9.17, 15) is 18.0 Å². The number of anilines is 1. The minimum Gasteiger partial charge on any atom is -0.350 e. The summed E-state index contributed by atoms with van der Waals surface area (Å²) in [5, 5.41) is 3.38. The number of sulfonamides is 1. The summed E-state index contributed by atoms with van der Waals surface area (Å²) in [5.41, 5.74) is 2.97. The van der Waals surface area contributed by atoms with Crippen LogP contribution in [0.4, 0.5) is 5.69 Å². The van der Waals surface area contributed by atoms with Crippen LogP contribution in [0.1, 0.15) is 43.0 Å². The first-order valence-electron chi connectivity index (χ1n) is 14.9. The van der Waals surface area contributed by atoms with Gasteiger partial charge in [0.05, 0.1) is 15.6 Å². The van der Waals surface area contributed by atoms with Crippen LogP contribution in [0.2, 0.25) is 10.0 Å². The summed E-state index contributed by atoms with van der Waals surface area (Å²) in [6, 6.07) is 26.9. The van der Waals surface area contributed by atoms with E-state index in [2.05, 4.69) is 5.32 Å². The SMILES string of the molecule is Cc1ccc(S(=O)(=O)N(CC(=O)N(Cc2cccc(C)c2)[C@H](Cc2ccccc2)C(=O)NC(C)(C)C)c2cc(Cl)ccc2Cl)cc1. The van der Waals surface area contributed by atoms with Gasteiger partial charge in [-0.1, -0.05) is 101 Å². The average Bonchev–Trinajstić information content (AvgIpc) is 2.98. The molecule has 0 heterocycles. The lowest BCUT2D eigenvalue weighted by molar-refractivity contribution is -0.140. The van der Waals surface area contributed by atoms with E-state index in [1.54, 1.807) is 18.2 Å². The lowest BCUT2D eigenvalue weighted by Gasteiger charge is -2.35. The van der Waals surface area contributed by atoms with Crippen molar-refractivity contribution in [2.75, 3.05) is 10.8 Å². The monoisotopic (exact) mass is 679 g/mol. The van der Waals surface area contributed by atoms with Crippen LogP contribution in [0.15, 0.2) is 102 Å². The summed E-state index contributed by atoms with van der Waals surface area (Å²) in [7, 11) is -4.31. The van der Waals surface area contributed by atoms with Crippen molar-refractivity contribution in [2.45, 2.75) is 64.1 Å². The van der Waals surface area contributed by atoms with Crippen LogP contribution >= 0.6 is 23.2 Å². The number of aryl methyl sites for hydroxylation is 2. The second kappa shape index (κ2) is 14.7. The first-order valence-corrected chi connectivity index (χ1v) is 17.1. The van der Waals surface area contributed by atoms with Crippen molar-refractivity contribution in [1.82, 2.24) is 10.2 Å². The number of benzene rings is 4. The molecule has 0 unspecified atom stereocenters. The number of nitrogens with zero attached hydrogens (tertiary/aromatic N) is 2. The van der Waals surface area contributed by atoms with E-state index in [1.807, 2.05) is 89.2 Å². The molecule has 7 nitrogen and oxygen atoms in total. The Balaban J connectivity index is 1.85. The van der Waals surface area contributed by atoms with Crippen LogP contribution in [0.5, 0.6) is 0 Å². The molecular formula is C36H39Cl2N3O4S. The quantitative estimate of drug-likeness (QED) is 0.179. The van der Waals surface area contributed by atoms with E-state index < -0.39 is 34.1 Å². The van der Waals surface area contributed by atoms with Gasteiger partial charge in [-0.3, -0.25) is 13.9 Å². The molecule has 0 fully saturated rings. The molecule has 0 aliphatic rings. The highest BCUT2D eigenvalue weighted by Crippen LogP contribution is 2.33. The molecule has 1 atom stereocenters. The van der Waals surface area contributed by atoms with E-state index in [1.165, 1.54) is 29.2 Å². The Bertz CT molecular complexity index is 1790. The average molecular weight is 681 g/mol. The fourth-order valence-electron chi connectivity index (χ4n) is 5.04. The van der Waals surface area contributed by atoms with Gasteiger partial charge in [0.25, 0.3) is 10.0 Å². The zero-order valence-electron chi connectivity index (χ0n) is 26.6. The van der Waals surface area contributed by atoms with Crippen molar-refractivity contribution < 1.29 is 18.0 Å². The molecule has 2 amide bonds. The van der Waals surface area contributed by atoms with E-state index >= 15 is 0 Å². The second-order valence-electron chi connectivity index (χ2n) is 12.4. The molecule has 0 saturated heterocycles. The maximum Gasteiger partial charge on any atom is 0.264 e. The minimum atomic E-state index is -4.31. The normalized spacial score (nSPS) is 12.3. The number of carbonyl (C=O) groups excluding carboxylic acids is 2. The molecule has 0 radical (unpaired) electrons. The predicted molar refractivity (Wildman–Crippen MR) is 186 cm³/mol. The Morgan fingerprint density at radius 2 is 1.46 bits per heavy atom. The molecule has 0 spiro atoms. The Labute approximate surface area is 282 Å². The highest BCUT2D eigenvalue weighted by Gasteiger charge is 2.36. The van der Waals surface area contributed by atoms with Gasteiger partial charge in [-0.25, -0.2) is 8.42 Å². The first kappa shape index (κ1) is 35.0. The third-order valence-corrected chi connectivity index (χ3v) is 9.60. The Hall–Kier alpha value is -3.85. The Morgan fingerprint density at radius 1 is 0.804 bits per heavy atom. The second-order valence-corrected chi connectivity index (χ2v) is 15.1. The van der Waals surface area contributed by atoms with Gasteiger partial charge in [-0.15, -0.1) is 0 Å². The highest BCUT2D eigenvalue weighted by atomic mass is 35.5. The number of hydrogen-bond donors (Lipinski definition) is 1. The number of carbonyl (C=O) groups is 2. The van der Waals surface area contributed by atoms with Crippen LogP contribution in [-0.2, 0) is 32.6 Å². The van der Waals surface area contributed by atoms with E-state index in [0.29, 0.717) is 0 Å². The molecule has 10 heteroatoms. The first-order chi connectivity index (χ1) is 21.6. The topological polar surface area (TPSA) is 86.8 Å². The van der Waals surface area contributed by atoms with Gasteiger partial charge in [-0.2, -0.15) is 0 Å². The van der Waals surface area contributed by atoms with Crippen molar-refractivity contribution >= 4 is 50.7 Å². The fraction of sp³-hybridized carbons (Fsp3) is 0.278. The molecule has 4 aromatic rings. The van der Waals surface area contributed by atoms with Crippen LogP contribution in [-0.4, -0.2) is 43.3 Å². The molecule has 46 heavy (non-hydrogen) atoms. The molecule has 242 valence electrons. The van der Waals surface area contributed by atoms with Crippen LogP contribution in [0.25, 0.3) is 0 Å². The van der Waals surface area contributed by atoms with Gasteiger partial charge >= 0.3 is 0 Å². The maximum atomic E-state index is 14.6. The Morgan fingerprint density at radius 3 is 2.09 bits per heavy atom. The van der Waals surface area contributed by atoms with E-state index in [-0.39, 0.29) is 39.5 Å². The number of amides is 2. The van der Waals surface area contributed by atoms with Gasteiger partial charge in [0.1, 0.15) is 12.6 Å². The zero-order valence-corrected chi connectivity index (χ0v) is 29.0. The van der Waals surface area contributed by atoms with Crippen LogP contribution < -0.4 is 9.62 Å². The van der Waals surface area contributed by atoms with Crippen LogP contribution in [0, 0.1) is 13.8 Å². The molecule has 0 saturated carbocycles. The highest BCUT2D eigenvalue weighted by molar-refractivity contribution is 7.92. The summed E-state index contributed by atoms with van der Waals surface area (Å²) in [5.74, 6) is -0.940. The summed E-state index contributed by atoms with van der Waals surface area (Å²) in [6.45, 7) is 8.84. The largest absolute Gasteiger partial charge is 0.350 e. The van der Waals surface area contributed by atoms with Crippen molar-refractivity contribution in [2.24, 2.45) is 0 Å². The molecular weight excluding hydrogens is 641 g/mol. The van der Waals surface area contributed by atoms with Crippen molar-refractivity contribution in [3.8, 4) is 0 Å². The van der Waals surface area contributed by atoms with Gasteiger partial charge in [0.15, 0.2) is 0 Å². The van der Waals surface area contributed by atoms with E-state index in [4.69, 9.17) is 23.2 Å². The molecule has 0 aliphatic carbocycles. The van der Waals surface area contributed by atoms with Gasteiger partial charge in [-0.05, 0) is 76.1 Å². The summed E-state index contributed by atoms with van der Waals surface area (Å²) in [6.07, 6.45) is 0.211. The lowest BCUT2D eigenvalue weighted by atomic mass is 10.0. The molecule has 0 aromatic heterocycles. The minimum absolute atomic E-state index is 0.0153. The van der Waals surface area contributed by atoms with E-state index in [0.717, 1.165) is 26.6 Å². The summed E-state index contributed by atoms with van der Waals surface area (Å²) < 4.78 is 29.4. The third-order valence-electron chi connectivity index (χ3n) is 7.27. The van der Waals surface area contributed by atoms with Crippen molar-refractivity contribution in [1.29, 1.82) is 0 Å². The number of rotatable bonds is 11. The Kier molecular flexibility index (Phi) is 11.2. The predicted octanol–water partition coefficient (Wildman–Crippen LogP) is 7.36.